The minimum Gasteiger partial charge on any atom is -0.366 e. The third-order valence-electron chi connectivity index (χ3n) is 3.85. The Kier molecular flexibility index (Phi) is 4.59. The molecule has 1 saturated heterocycles. The summed E-state index contributed by atoms with van der Waals surface area (Å²) in [6.07, 6.45) is 3.85. The molecule has 1 fully saturated rings. The van der Waals surface area contributed by atoms with Crippen molar-refractivity contribution in [3.8, 4) is 0 Å². The molecule has 118 valence electrons. The van der Waals surface area contributed by atoms with E-state index < -0.39 is 0 Å². The van der Waals surface area contributed by atoms with Crippen LogP contribution in [0.25, 0.3) is 0 Å². The van der Waals surface area contributed by atoms with Crippen molar-refractivity contribution in [3.05, 3.63) is 23.9 Å². The molecule has 0 saturated carbocycles. The molecule has 1 aromatic rings. The van der Waals surface area contributed by atoms with Gasteiger partial charge in [0.05, 0.1) is 11.2 Å². The molecule has 2 heterocycles. The topological polar surface area (TPSA) is 51.4 Å². The van der Waals surface area contributed by atoms with Crippen LogP contribution in [0.2, 0.25) is 0 Å². The summed E-state index contributed by atoms with van der Waals surface area (Å²) in [6.45, 7) is 12.4. The number of rotatable bonds is 4. The molecule has 0 aliphatic carbocycles. The number of nitrogens with two attached hydrogens (primary N) is 1. The lowest BCUT2D eigenvalue weighted by Crippen LogP contribution is -2.57. The predicted octanol–water partition coefficient (Wildman–Crippen LogP) is 2.76. The molecule has 0 bridgehead atoms. The normalized spacial score (nSPS) is 22.1. The second-order valence-electron chi connectivity index (χ2n) is 7.37. The highest BCUT2D eigenvalue weighted by Gasteiger charge is 2.38. The van der Waals surface area contributed by atoms with Gasteiger partial charge in [0, 0.05) is 25.3 Å². The maximum absolute atomic E-state index is 6.12. The third-order valence-corrected chi connectivity index (χ3v) is 3.85. The van der Waals surface area contributed by atoms with Gasteiger partial charge in [-0.1, -0.05) is 13.0 Å². The van der Waals surface area contributed by atoms with E-state index in [0.717, 1.165) is 31.7 Å². The Balaban J connectivity index is 2.11. The molecule has 1 aliphatic heterocycles. The van der Waals surface area contributed by atoms with Gasteiger partial charge in [0.15, 0.2) is 0 Å². The van der Waals surface area contributed by atoms with Crippen molar-refractivity contribution < 1.29 is 4.74 Å². The molecule has 1 aliphatic rings. The highest BCUT2D eigenvalue weighted by Crippen LogP contribution is 2.30. The fourth-order valence-electron chi connectivity index (χ4n) is 3.12. The Labute approximate surface area is 128 Å². The van der Waals surface area contributed by atoms with Gasteiger partial charge in [-0.2, -0.15) is 0 Å². The molecule has 1 unspecified atom stereocenters. The van der Waals surface area contributed by atoms with Crippen molar-refractivity contribution in [2.24, 2.45) is 5.73 Å². The summed E-state index contributed by atoms with van der Waals surface area (Å²) in [5, 5.41) is 0. The summed E-state index contributed by atoms with van der Waals surface area (Å²) in [7, 11) is 0. The molecule has 2 rings (SSSR count). The molecule has 21 heavy (non-hydrogen) atoms. The van der Waals surface area contributed by atoms with Crippen LogP contribution in [0.3, 0.4) is 0 Å². The van der Waals surface area contributed by atoms with E-state index in [1.54, 1.807) is 0 Å². The van der Waals surface area contributed by atoms with Crippen molar-refractivity contribution in [2.45, 2.75) is 64.7 Å². The summed E-state index contributed by atoms with van der Waals surface area (Å²) in [6, 6.07) is 4.47. The second kappa shape index (κ2) is 5.93. The lowest BCUT2D eigenvalue weighted by atomic mass is 9.99. The zero-order valence-electron chi connectivity index (χ0n) is 14.0. The van der Waals surface area contributed by atoms with Crippen LogP contribution < -0.4 is 10.6 Å². The minimum atomic E-state index is -0.160. The average molecular weight is 291 g/mol. The van der Waals surface area contributed by atoms with E-state index in [1.807, 2.05) is 6.20 Å². The van der Waals surface area contributed by atoms with Crippen LogP contribution in [0.15, 0.2) is 18.3 Å². The monoisotopic (exact) mass is 291 g/mol. The summed E-state index contributed by atoms with van der Waals surface area (Å²) in [4.78, 5) is 6.95. The smallest absolute Gasteiger partial charge is 0.128 e. The summed E-state index contributed by atoms with van der Waals surface area (Å²) in [5.41, 5.74) is 6.89. The van der Waals surface area contributed by atoms with Gasteiger partial charge in [0.2, 0.25) is 0 Å². The Morgan fingerprint density at radius 3 is 2.33 bits per heavy atom. The third kappa shape index (κ3) is 4.42. The number of ether oxygens (including phenoxy) is 1. The van der Waals surface area contributed by atoms with Crippen LogP contribution in [0.5, 0.6) is 0 Å². The van der Waals surface area contributed by atoms with Crippen molar-refractivity contribution in [1.29, 1.82) is 0 Å². The number of aromatic nitrogens is 1. The number of anilines is 1. The largest absolute Gasteiger partial charge is 0.366 e. The molecule has 0 amide bonds. The maximum atomic E-state index is 6.12. The fourth-order valence-corrected chi connectivity index (χ4v) is 3.12. The fraction of sp³-hybridized carbons (Fsp3) is 0.706. The van der Waals surface area contributed by atoms with E-state index in [4.69, 9.17) is 10.5 Å². The van der Waals surface area contributed by atoms with Gasteiger partial charge in [-0.3, -0.25) is 0 Å². The lowest BCUT2D eigenvalue weighted by Gasteiger charge is -2.47. The second-order valence-corrected chi connectivity index (χ2v) is 7.37. The Bertz CT molecular complexity index is 451. The van der Waals surface area contributed by atoms with Crippen LogP contribution >= 0.6 is 0 Å². The Morgan fingerprint density at radius 2 is 1.86 bits per heavy atom. The SMILES string of the molecule is CCC(N)Cc1ccc(N2CC(C)(C)OC(C)(C)C2)nc1. The number of hydrogen-bond acceptors (Lipinski definition) is 4. The first-order chi connectivity index (χ1) is 9.71. The molecular weight excluding hydrogens is 262 g/mol. The molecule has 4 nitrogen and oxygen atoms in total. The lowest BCUT2D eigenvalue weighted by molar-refractivity contribution is -0.133. The molecule has 4 heteroatoms. The van der Waals surface area contributed by atoms with E-state index in [2.05, 4.69) is 56.6 Å². The van der Waals surface area contributed by atoms with E-state index in [9.17, 15) is 0 Å². The quantitative estimate of drug-likeness (QED) is 0.927. The Hall–Kier alpha value is -1.13. The van der Waals surface area contributed by atoms with Gasteiger partial charge in [0.1, 0.15) is 5.82 Å². The maximum Gasteiger partial charge on any atom is 0.128 e. The van der Waals surface area contributed by atoms with E-state index in [-0.39, 0.29) is 17.2 Å². The first-order valence-corrected chi connectivity index (χ1v) is 7.86. The number of hydrogen-bond donors (Lipinski definition) is 1. The number of pyridine rings is 1. The van der Waals surface area contributed by atoms with Gasteiger partial charge in [-0.15, -0.1) is 0 Å². The molecule has 2 N–H and O–H groups in total. The standard InChI is InChI=1S/C17H29N3O/c1-6-14(18)9-13-7-8-15(19-10-13)20-11-16(2,3)21-17(4,5)12-20/h7-8,10,14H,6,9,11-12,18H2,1-5H3. The van der Waals surface area contributed by atoms with Gasteiger partial charge >= 0.3 is 0 Å². The summed E-state index contributed by atoms with van der Waals surface area (Å²) >= 11 is 0. The van der Waals surface area contributed by atoms with Gasteiger partial charge in [-0.05, 0) is 52.2 Å². The van der Waals surface area contributed by atoms with Gasteiger partial charge in [0.25, 0.3) is 0 Å². The molecule has 0 aromatic carbocycles. The molecule has 1 aromatic heterocycles. The summed E-state index contributed by atoms with van der Waals surface area (Å²) < 4.78 is 6.12. The average Bonchev–Trinajstić information content (AvgIpc) is 2.35. The van der Waals surface area contributed by atoms with Crippen LogP contribution in [0, 0.1) is 0 Å². The molecule has 1 atom stereocenters. The minimum absolute atomic E-state index is 0.160. The van der Waals surface area contributed by atoms with Crippen LogP contribution in [0.1, 0.15) is 46.6 Å². The van der Waals surface area contributed by atoms with Gasteiger partial charge in [-0.25, -0.2) is 4.98 Å². The number of nitrogens with zero attached hydrogens (tertiary/aromatic N) is 2. The molecule has 0 spiro atoms. The van der Waals surface area contributed by atoms with Crippen molar-refractivity contribution in [1.82, 2.24) is 4.98 Å². The van der Waals surface area contributed by atoms with Gasteiger partial charge < -0.3 is 15.4 Å². The van der Waals surface area contributed by atoms with E-state index >= 15 is 0 Å². The molecular formula is C17H29N3O. The number of morpholine rings is 1. The Morgan fingerprint density at radius 1 is 1.24 bits per heavy atom. The highest BCUT2D eigenvalue weighted by atomic mass is 16.5. The van der Waals surface area contributed by atoms with Crippen molar-refractivity contribution in [3.63, 3.8) is 0 Å². The van der Waals surface area contributed by atoms with Crippen LogP contribution in [-0.4, -0.2) is 35.3 Å². The van der Waals surface area contributed by atoms with Crippen LogP contribution in [0.4, 0.5) is 5.82 Å². The van der Waals surface area contributed by atoms with E-state index in [1.165, 1.54) is 5.56 Å². The van der Waals surface area contributed by atoms with Crippen LogP contribution in [-0.2, 0) is 11.2 Å². The predicted molar refractivity (Wildman–Crippen MR) is 87.7 cm³/mol. The zero-order valence-corrected chi connectivity index (χ0v) is 14.0. The van der Waals surface area contributed by atoms with E-state index in [0.29, 0.717) is 0 Å². The van der Waals surface area contributed by atoms with Crippen molar-refractivity contribution in [2.75, 3.05) is 18.0 Å². The zero-order chi connectivity index (χ0) is 15.7. The first kappa shape index (κ1) is 16.2. The summed E-state index contributed by atoms with van der Waals surface area (Å²) in [5.74, 6) is 1.02. The first-order valence-electron chi connectivity index (χ1n) is 7.86. The highest BCUT2D eigenvalue weighted by molar-refractivity contribution is 5.41. The van der Waals surface area contributed by atoms with Crippen molar-refractivity contribution >= 4 is 5.82 Å². The molecule has 0 radical (unpaired) electrons.